The summed E-state index contributed by atoms with van der Waals surface area (Å²) in [6, 6.07) is 5.45. The number of unbranched alkanes of at least 4 members (excludes halogenated alkanes) is 1. The normalized spacial score (nSPS) is 12.8. The molecule has 0 aliphatic rings. The van der Waals surface area contributed by atoms with Gasteiger partial charge in [-0.25, -0.2) is 4.79 Å². The SMILES string of the molecule is CCCC[C@H](NC(=O)NC(C)C(=O)O)C(=O)N(Cc1cccs1)Cc1cccs1. The van der Waals surface area contributed by atoms with Gasteiger partial charge in [-0.3, -0.25) is 9.59 Å². The van der Waals surface area contributed by atoms with Gasteiger partial charge in [0, 0.05) is 9.75 Å². The minimum atomic E-state index is -1.13. The first-order valence-electron chi connectivity index (χ1n) is 9.54. The number of thiophene rings is 2. The van der Waals surface area contributed by atoms with Crippen LogP contribution in [0.25, 0.3) is 0 Å². The van der Waals surface area contributed by atoms with E-state index in [0.717, 1.165) is 22.6 Å². The van der Waals surface area contributed by atoms with E-state index in [9.17, 15) is 14.4 Å². The van der Waals surface area contributed by atoms with E-state index in [-0.39, 0.29) is 5.91 Å². The summed E-state index contributed by atoms with van der Waals surface area (Å²) in [5.74, 6) is -1.30. The third-order valence-corrected chi connectivity index (χ3v) is 6.06. The zero-order valence-electron chi connectivity index (χ0n) is 16.6. The maximum Gasteiger partial charge on any atom is 0.325 e. The Labute approximate surface area is 178 Å². The summed E-state index contributed by atoms with van der Waals surface area (Å²) >= 11 is 3.16. The van der Waals surface area contributed by atoms with E-state index in [1.54, 1.807) is 27.6 Å². The Bertz CT molecular complexity index is 742. The predicted octanol–water partition coefficient (Wildman–Crippen LogP) is 3.67. The van der Waals surface area contributed by atoms with Gasteiger partial charge in [0.2, 0.25) is 5.91 Å². The number of rotatable bonds is 11. The van der Waals surface area contributed by atoms with Gasteiger partial charge >= 0.3 is 12.0 Å². The van der Waals surface area contributed by atoms with E-state index >= 15 is 0 Å². The second-order valence-corrected chi connectivity index (χ2v) is 8.79. The Kier molecular flexibility index (Phi) is 9.14. The molecule has 2 atom stereocenters. The Hall–Kier alpha value is -2.39. The lowest BCUT2D eigenvalue weighted by atomic mass is 10.1. The van der Waals surface area contributed by atoms with E-state index in [1.807, 2.05) is 41.9 Å². The lowest BCUT2D eigenvalue weighted by Gasteiger charge is -2.28. The lowest BCUT2D eigenvalue weighted by molar-refractivity contribution is -0.138. The third kappa shape index (κ3) is 7.51. The van der Waals surface area contributed by atoms with Crippen molar-refractivity contribution in [2.24, 2.45) is 0 Å². The largest absolute Gasteiger partial charge is 0.480 e. The van der Waals surface area contributed by atoms with Gasteiger partial charge in [-0.05, 0) is 36.2 Å². The monoisotopic (exact) mass is 437 g/mol. The van der Waals surface area contributed by atoms with Gasteiger partial charge in [0.25, 0.3) is 0 Å². The van der Waals surface area contributed by atoms with Crippen LogP contribution in [0.2, 0.25) is 0 Å². The van der Waals surface area contributed by atoms with Gasteiger partial charge in [-0.2, -0.15) is 0 Å². The molecule has 158 valence electrons. The summed E-state index contributed by atoms with van der Waals surface area (Å²) in [6.07, 6.45) is 2.15. The molecule has 0 radical (unpaired) electrons. The number of carboxylic acid groups (broad SMARTS) is 1. The van der Waals surface area contributed by atoms with Crippen LogP contribution >= 0.6 is 22.7 Å². The van der Waals surface area contributed by atoms with Crippen molar-refractivity contribution in [1.82, 2.24) is 15.5 Å². The zero-order valence-corrected chi connectivity index (χ0v) is 18.2. The highest BCUT2D eigenvalue weighted by Gasteiger charge is 2.27. The third-order valence-electron chi connectivity index (χ3n) is 4.33. The van der Waals surface area contributed by atoms with Gasteiger partial charge in [0.1, 0.15) is 12.1 Å². The molecular weight excluding hydrogens is 410 g/mol. The van der Waals surface area contributed by atoms with Crippen LogP contribution in [0.3, 0.4) is 0 Å². The molecule has 3 amide bonds. The number of nitrogens with one attached hydrogen (secondary N) is 2. The van der Waals surface area contributed by atoms with Crippen LogP contribution in [0.1, 0.15) is 42.9 Å². The summed E-state index contributed by atoms with van der Waals surface area (Å²) in [5, 5.41) is 17.9. The van der Waals surface area contributed by atoms with Crippen molar-refractivity contribution in [3.63, 3.8) is 0 Å². The molecule has 0 saturated carbocycles. The molecule has 0 aliphatic carbocycles. The fourth-order valence-corrected chi connectivity index (χ4v) is 4.18. The molecule has 2 aromatic rings. The molecule has 7 nitrogen and oxygen atoms in total. The number of carboxylic acids is 1. The number of carbonyl (C=O) groups excluding carboxylic acids is 2. The smallest absolute Gasteiger partial charge is 0.325 e. The van der Waals surface area contributed by atoms with Gasteiger partial charge in [0.15, 0.2) is 0 Å². The van der Waals surface area contributed by atoms with Crippen LogP contribution in [-0.4, -0.2) is 40.0 Å². The Balaban J connectivity index is 2.14. The highest BCUT2D eigenvalue weighted by atomic mass is 32.1. The number of amides is 3. The Morgan fingerprint density at radius 3 is 2.10 bits per heavy atom. The fraction of sp³-hybridized carbons (Fsp3) is 0.450. The first-order chi connectivity index (χ1) is 13.9. The Morgan fingerprint density at radius 1 is 1.07 bits per heavy atom. The number of carbonyl (C=O) groups is 3. The van der Waals surface area contributed by atoms with Crippen molar-refractivity contribution in [2.45, 2.75) is 58.3 Å². The van der Waals surface area contributed by atoms with Crippen molar-refractivity contribution in [3.05, 3.63) is 44.8 Å². The topological polar surface area (TPSA) is 98.7 Å². The van der Waals surface area contributed by atoms with E-state index in [2.05, 4.69) is 10.6 Å². The molecule has 2 heterocycles. The molecule has 3 N–H and O–H groups in total. The van der Waals surface area contributed by atoms with Gasteiger partial charge < -0.3 is 20.6 Å². The van der Waals surface area contributed by atoms with Crippen molar-refractivity contribution in [3.8, 4) is 0 Å². The molecule has 2 aromatic heterocycles. The second kappa shape index (κ2) is 11.6. The summed E-state index contributed by atoms with van der Waals surface area (Å²) < 4.78 is 0. The van der Waals surface area contributed by atoms with Gasteiger partial charge in [0.05, 0.1) is 13.1 Å². The molecule has 0 bridgehead atoms. The minimum Gasteiger partial charge on any atom is -0.480 e. The summed E-state index contributed by atoms with van der Waals surface area (Å²) in [5.41, 5.74) is 0. The maximum absolute atomic E-state index is 13.3. The number of urea groups is 1. The number of nitrogens with zero attached hydrogens (tertiary/aromatic N) is 1. The molecule has 0 aliphatic heterocycles. The molecule has 9 heteroatoms. The van der Waals surface area contributed by atoms with Crippen LogP contribution in [0.5, 0.6) is 0 Å². The molecule has 2 rings (SSSR count). The average Bonchev–Trinajstić information content (AvgIpc) is 3.38. The van der Waals surface area contributed by atoms with Crippen molar-refractivity contribution in [2.75, 3.05) is 0 Å². The molecule has 0 spiro atoms. The van der Waals surface area contributed by atoms with Crippen LogP contribution < -0.4 is 10.6 Å². The van der Waals surface area contributed by atoms with E-state index in [1.165, 1.54) is 6.92 Å². The molecule has 29 heavy (non-hydrogen) atoms. The van der Waals surface area contributed by atoms with Crippen LogP contribution in [-0.2, 0) is 22.7 Å². The minimum absolute atomic E-state index is 0.168. The molecular formula is C20H27N3O4S2. The van der Waals surface area contributed by atoms with Gasteiger partial charge in [-0.15, -0.1) is 22.7 Å². The van der Waals surface area contributed by atoms with Crippen LogP contribution in [0.4, 0.5) is 4.79 Å². The maximum atomic E-state index is 13.3. The van der Waals surface area contributed by atoms with Crippen molar-refractivity contribution < 1.29 is 19.5 Å². The summed E-state index contributed by atoms with van der Waals surface area (Å²) in [4.78, 5) is 40.4. The molecule has 0 saturated heterocycles. The first kappa shape index (κ1) is 22.9. The quantitative estimate of drug-likeness (QED) is 0.499. The predicted molar refractivity (Wildman–Crippen MR) is 115 cm³/mol. The summed E-state index contributed by atoms with van der Waals surface area (Å²) in [7, 11) is 0. The van der Waals surface area contributed by atoms with Crippen molar-refractivity contribution in [1.29, 1.82) is 0 Å². The fourth-order valence-electron chi connectivity index (χ4n) is 2.74. The van der Waals surface area contributed by atoms with E-state index in [4.69, 9.17) is 5.11 Å². The van der Waals surface area contributed by atoms with Crippen LogP contribution in [0, 0.1) is 0 Å². The van der Waals surface area contributed by atoms with Gasteiger partial charge in [-0.1, -0.05) is 31.9 Å². The zero-order chi connectivity index (χ0) is 21.2. The number of hydrogen-bond donors (Lipinski definition) is 3. The highest BCUT2D eigenvalue weighted by molar-refractivity contribution is 7.10. The number of hydrogen-bond acceptors (Lipinski definition) is 5. The molecule has 0 aromatic carbocycles. The van der Waals surface area contributed by atoms with Crippen molar-refractivity contribution >= 4 is 40.6 Å². The second-order valence-electron chi connectivity index (χ2n) is 6.73. The highest BCUT2D eigenvalue weighted by Crippen LogP contribution is 2.19. The van der Waals surface area contributed by atoms with E-state index < -0.39 is 24.1 Å². The number of aliphatic carboxylic acids is 1. The average molecular weight is 438 g/mol. The first-order valence-corrected chi connectivity index (χ1v) is 11.3. The standard InChI is InChI=1S/C20H27N3O4S2/c1-3-4-9-17(22-20(27)21-14(2)19(25)26)18(24)23(12-15-7-5-10-28-15)13-16-8-6-11-29-16/h5-8,10-11,14,17H,3-4,9,12-13H2,1-2H3,(H,25,26)(H2,21,22,27)/t14?,17-/m0/s1. The van der Waals surface area contributed by atoms with E-state index in [0.29, 0.717) is 19.5 Å². The van der Waals surface area contributed by atoms with Crippen LogP contribution in [0.15, 0.2) is 35.0 Å². The Morgan fingerprint density at radius 2 is 1.66 bits per heavy atom. The lowest BCUT2D eigenvalue weighted by Crippen LogP contribution is -2.53. The molecule has 0 fully saturated rings. The summed E-state index contributed by atoms with van der Waals surface area (Å²) in [6.45, 7) is 4.32. The molecule has 1 unspecified atom stereocenters.